The molecule has 1 heterocycles. The van der Waals surface area contributed by atoms with E-state index in [4.69, 9.17) is 4.74 Å². The fourth-order valence-corrected chi connectivity index (χ4v) is 1.30. The van der Waals surface area contributed by atoms with E-state index in [0.717, 1.165) is 19.1 Å². The third kappa shape index (κ3) is 2.35. The van der Waals surface area contributed by atoms with Gasteiger partial charge in [-0.25, -0.2) is 0 Å². The molecule has 1 heteroatoms. The molecule has 1 rings (SSSR count). The van der Waals surface area contributed by atoms with E-state index in [9.17, 15) is 0 Å². The van der Waals surface area contributed by atoms with E-state index in [1.807, 2.05) is 0 Å². The Balaban J connectivity index is 1.98. The molecule has 0 N–H and O–H groups in total. The lowest BCUT2D eigenvalue weighted by molar-refractivity contribution is 0.184. The van der Waals surface area contributed by atoms with Crippen molar-refractivity contribution >= 4 is 0 Å². The summed E-state index contributed by atoms with van der Waals surface area (Å²) in [5, 5.41) is 0. The standard InChI is InChI=1S/C8H16O/c1-2-3-4-8-5-6-9-7-8/h8H,2-7H2,1H3/t8-/m1/s1. The number of hydrogen-bond donors (Lipinski definition) is 0. The van der Waals surface area contributed by atoms with Crippen molar-refractivity contribution in [2.75, 3.05) is 13.2 Å². The van der Waals surface area contributed by atoms with Gasteiger partial charge in [0.15, 0.2) is 0 Å². The topological polar surface area (TPSA) is 9.23 Å². The van der Waals surface area contributed by atoms with Crippen LogP contribution in [-0.2, 0) is 4.74 Å². The molecule has 0 unspecified atom stereocenters. The first-order chi connectivity index (χ1) is 4.43. The van der Waals surface area contributed by atoms with Crippen LogP contribution in [0.5, 0.6) is 0 Å². The minimum atomic E-state index is 0.893. The van der Waals surface area contributed by atoms with E-state index in [0.29, 0.717) is 0 Å². The molecule has 0 saturated carbocycles. The van der Waals surface area contributed by atoms with Crippen LogP contribution in [0.4, 0.5) is 0 Å². The van der Waals surface area contributed by atoms with Gasteiger partial charge < -0.3 is 4.74 Å². The molecule has 1 aliphatic rings. The van der Waals surface area contributed by atoms with Crippen LogP contribution >= 0.6 is 0 Å². The molecule has 0 radical (unpaired) electrons. The third-order valence-electron chi connectivity index (χ3n) is 1.99. The molecular weight excluding hydrogens is 112 g/mol. The predicted molar refractivity (Wildman–Crippen MR) is 38.5 cm³/mol. The van der Waals surface area contributed by atoms with Crippen LogP contribution in [0.15, 0.2) is 0 Å². The summed E-state index contributed by atoms with van der Waals surface area (Å²) in [6.45, 7) is 4.28. The highest BCUT2D eigenvalue weighted by Crippen LogP contribution is 2.18. The number of rotatable bonds is 3. The second kappa shape index (κ2) is 3.89. The van der Waals surface area contributed by atoms with Crippen molar-refractivity contribution in [1.29, 1.82) is 0 Å². The fraction of sp³-hybridized carbons (Fsp3) is 1.00. The summed E-state index contributed by atoms with van der Waals surface area (Å²) in [7, 11) is 0. The highest BCUT2D eigenvalue weighted by atomic mass is 16.5. The average Bonchev–Trinajstić information content (AvgIpc) is 2.34. The smallest absolute Gasteiger partial charge is 0.0495 e. The molecule has 1 fully saturated rings. The quantitative estimate of drug-likeness (QED) is 0.566. The molecule has 0 aromatic carbocycles. The van der Waals surface area contributed by atoms with Gasteiger partial charge in [0.05, 0.1) is 0 Å². The lowest BCUT2D eigenvalue weighted by Gasteiger charge is -2.03. The second-order valence-electron chi connectivity index (χ2n) is 2.87. The van der Waals surface area contributed by atoms with Crippen LogP contribution < -0.4 is 0 Å². The van der Waals surface area contributed by atoms with Gasteiger partial charge in [0.1, 0.15) is 0 Å². The summed E-state index contributed by atoms with van der Waals surface area (Å²) >= 11 is 0. The molecule has 9 heavy (non-hydrogen) atoms. The predicted octanol–water partition coefficient (Wildman–Crippen LogP) is 2.21. The fourth-order valence-electron chi connectivity index (χ4n) is 1.30. The molecule has 0 spiro atoms. The monoisotopic (exact) mass is 128 g/mol. The zero-order valence-corrected chi connectivity index (χ0v) is 6.23. The van der Waals surface area contributed by atoms with Crippen molar-refractivity contribution in [2.24, 2.45) is 5.92 Å². The molecule has 0 bridgehead atoms. The number of unbranched alkanes of at least 4 members (excludes halogenated alkanes) is 1. The van der Waals surface area contributed by atoms with Gasteiger partial charge in [-0.15, -0.1) is 0 Å². The first kappa shape index (κ1) is 7.07. The third-order valence-corrected chi connectivity index (χ3v) is 1.99. The van der Waals surface area contributed by atoms with Gasteiger partial charge in [0.25, 0.3) is 0 Å². The van der Waals surface area contributed by atoms with E-state index in [1.54, 1.807) is 0 Å². The van der Waals surface area contributed by atoms with Crippen LogP contribution in [0.2, 0.25) is 0 Å². The number of hydrogen-bond acceptors (Lipinski definition) is 1. The molecule has 0 aliphatic carbocycles. The largest absolute Gasteiger partial charge is 0.381 e. The maximum absolute atomic E-state index is 5.25. The Morgan fingerprint density at radius 1 is 1.56 bits per heavy atom. The van der Waals surface area contributed by atoms with Gasteiger partial charge >= 0.3 is 0 Å². The molecule has 1 nitrogen and oxygen atoms in total. The molecule has 0 aromatic heterocycles. The van der Waals surface area contributed by atoms with Crippen molar-refractivity contribution < 1.29 is 4.74 Å². The zero-order chi connectivity index (χ0) is 6.53. The molecule has 1 saturated heterocycles. The summed E-state index contributed by atoms with van der Waals surface area (Å²) in [6.07, 6.45) is 5.40. The summed E-state index contributed by atoms with van der Waals surface area (Å²) in [5.41, 5.74) is 0. The van der Waals surface area contributed by atoms with Crippen LogP contribution in [0.1, 0.15) is 32.6 Å². The Kier molecular flexibility index (Phi) is 3.05. The van der Waals surface area contributed by atoms with Gasteiger partial charge in [0.2, 0.25) is 0 Å². The van der Waals surface area contributed by atoms with Crippen molar-refractivity contribution in [3.05, 3.63) is 0 Å². The van der Waals surface area contributed by atoms with Crippen LogP contribution in [0, 0.1) is 5.92 Å². The Bertz CT molecular complexity index is 65.0. The second-order valence-corrected chi connectivity index (χ2v) is 2.87. The maximum Gasteiger partial charge on any atom is 0.0495 e. The Morgan fingerprint density at radius 2 is 2.44 bits per heavy atom. The summed E-state index contributed by atoms with van der Waals surface area (Å²) in [6, 6.07) is 0. The average molecular weight is 128 g/mol. The van der Waals surface area contributed by atoms with Gasteiger partial charge in [-0.2, -0.15) is 0 Å². The van der Waals surface area contributed by atoms with Crippen LogP contribution in [0.3, 0.4) is 0 Å². The van der Waals surface area contributed by atoms with Crippen molar-refractivity contribution in [3.8, 4) is 0 Å². The van der Waals surface area contributed by atoms with Crippen molar-refractivity contribution in [1.82, 2.24) is 0 Å². The minimum Gasteiger partial charge on any atom is -0.381 e. The summed E-state index contributed by atoms with van der Waals surface area (Å²) < 4.78 is 5.25. The Hall–Kier alpha value is -0.0400. The van der Waals surface area contributed by atoms with Gasteiger partial charge in [-0.1, -0.05) is 19.8 Å². The van der Waals surface area contributed by atoms with E-state index in [1.165, 1.54) is 25.7 Å². The van der Waals surface area contributed by atoms with Crippen LogP contribution in [-0.4, -0.2) is 13.2 Å². The highest BCUT2D eigenvalue weighted by molar-refractivity contribution is 4.63. The first-order valence-corrected chi connectivity index (χ1v) is 4.01. The zero-order valence-electron chi connectivity index (χ0n) is 6.23. The molecule has 0 amide bonds. The van der Waals surface area contributed by atoms with E-state index in [2.05, 4.69) is 6.92 Å². The SMILES string of the molecule is CCCC[C@@H]1CCOC1. The van der Waals surface area contributed by atoms with Crippen molar-refractivity contribution in [3.63, 3.8) is 0 Å². The molecule has 0 aromatic rings. The minimum absolute atomic E-state index is 0.893. The van der Waals surface area contributed by atoms with E-state index >= 15 is 0 Å². The first-order valence-electron chi connectivity index (χ1n) is 4.01. The number of ether oxygens (including phenoxy) is 1. The lowest BCUT2D eigenvalue weighted by Crippen LogP contribution is -1.97. The molecule has 1 aliphatic heterocycles. The van der Waals surface area contributed by atoms with Crippen LogP contribution in [0.25, 0.3) is 0 Å². The highest BCUT2D eigenvalue weighted by Gasteiger charge is 2.13. The molecule has 1 atom stereocenters. The lowest BCUT2D eigenvalue weighted by atomic mass is 10.0. The summed E-state index contributed by atoms with van der Waals surface area (Å²) in [4.78, 5) is 0. The Labute approximate surface area is 57.4 Å². The van der Waals surface area contributed by atoms with E-state index < -0.39 is 0 Å². The van der Waals surface area contributed by atoms with Gasteiger partial charge in [-0.05, 0) is 18.8 Å². The Morgan fingerprint density at radius 3 is 3.00 bits per heavy atom. The van der Waals surface area contributed by atoms with Gasteiger partial charge in [-0.3, -0.25) is 0 Å². The van der Waals surface area contributed by atoms with E-state index in [-0.39, 0.29) is 0 Å². The van der Waals surface area contributed by atoms with Gasteiger partial charge in [0, 0.05) is 13.2 Å². The molecule has 54 valence electrons. The summed E-state index contributed by atoms with van der Waals surface area (Å²) in [5.74, 6) is 0.893. The molecular formula is C8H16O. The normalized spacial score (nSPS) is 27.0. The maximum atomic E-state index is 5.25. The van der Waals surface area contributed by atoms with Crippen molar-refractivity contribution in [2.45, 2.75) is 32.6 Å².